The summed E-state index contributed by atoms with van der Waals surface area (Å²) in [5.41, 5.74) is 4.16. The van der Waals surface area contributed by atoms with Gasteiger partial charge >= 0.3 is 5.97 Å². The van der Waals surface area contributed by atoms with E-state index in [9.17, 15) is 9.59 Å². The molecule has 0 bridgehead atoms. The predicted molar refractivity (Wildman–Crippen MR) is 93.3 cm³/mol. The van der Waals surface area contributed by atoms with Crippen LogP contribution in [0.1, 0.15) is 48.8 Å². The van der Waals surface area contributed by atoms with E-state index in [1.807, 2.05) is 13.0 Å². The van der Waals surface area contributed by atoms with Crippen LogP contribution in [-0.2, 0) is 22.7 Å². The molecule has 0 spiro atoms. The van der Waals surface area contributed by atoms with Crippen molar-refractivity contribution in [2.75, 3.05) is 0 Å². The summed E-state index contributed by atoms with van der Waals surface area (Å²) in [5.74, 6) is -0.595. The van der Waals surface area contributed by atoms with Crippen molar-refractivity contribution < 1.29 is 9.53 Å². The van der Waals surface area contributed by atoms with Crippen molar-refractivity contribution in [1.82, 2.24) is 9.55 Å². The van der Waals surface area contributed by atoms with E-state index in [0.29, 0.717) is 18.5 Å². The number of esters is 1. The van der Waals surface area contributed by atoms with Gasteiger partial charge in [0, 0.05) is 5.56 Å². The zero-order chi connectivity index (χ0) is 17.1. The molecule has 5 rings (SSSR count). The monoisotopic (exact) mass is 334 g/mol. The number of carbonyl (C=O) groups excluding carboxylic acids is 1. The van der Waals surface area contributed by atoms with Crippen LogP contribution in [0.3, 0.4) is 0 Å². The Kier molecular flexibility index (Phi) is 3.02. The molecule has 0 amide bonds. The van der Waals surface area contributed by atoms with E-state index in [2.05, 4.69) is 18.2 Å². The highest BCUT2D eigenvalue weighted by atomic mass is 16.5. The third kappa shape index (κ3) is 1.98. The van der Waals surface area contributed by atoms with E-state index in [1.165, 1.54) is 0 Å². The molecule has 0 radical (unpaired) electrons. The number of ether oxygens (including phenoxy) is 1. The quantitative estimate of drug-likeness (QED) is 0.627. The first-order valence-electron chi connectivity index (χ1n) is 8.81. The third-order valence-electron chi connectivity index (χ3n) is 5.46. The molecule has 2 aromatic heterocycles. The van der Waals surface area contributed by atoms with Crippen molar-refractivity contribution >= 4 is 18.1 Å². The maximum absolute atomic E-state index is 13.0. The molecular weight excluding hydrogens is 316 g/mol. The van der Waals surface area contributed by atoms with Crippen LogP contribution in [0.15, 0.2) is 16.9 Å². The van der Waals surface area contributed by atoms with E-state index in [-0.39, 0.29) is 24.1 Å². The molecule has 25 heavy (non-hydrogen) atoms. The average Bonchev–Trinajstić information content (AvgIpc) is 2.98. The van der Waals surface area contributed by atoms with Gasteiger partial charge < -0.3 is 9.30 Å². The standard InChI is InChI=1S/C20H18N2O3/c1-2-13-14-8-17-18-12(7-11-5-3-4-6-16(11)21-18)9-22(17)19(23)15(14)10-25-20(13)24/h5-8,13H,2-4,9-10H2,1H3/t13-/m1/s1. The molecule has 126 valence electrons. The smallest absolute Gasteiger partial charge is 0.313 e. The summed E-state index contributed by atoms with van der Waals surface area (Å²) in [6.45, 7) is 2.56. The topological polar surface area (TPSA) is 61.2 Å². The van der Waals surface area contributed by atoms with Gasteiger partial charge in [-0.3, -0.25) is 9.59 Å². The largest absolute Gasteiger partial charge is 0.460 e. The van der Waals surface area contributed by atoms with Crippen LogP contribution in [0.5, 0.6) is 0 Å². The van der Waals surface area contributed by atoms with Crippen molar-refractivity contribution in [3.63, 3.8) is 0 Å². The van der Waals surface area contributed by atoms with E-state index in [4.69, 9.17) is 9.72 Å². The summed E-state index contributed by atoms with van der Waals surface area (Å²) in [5, 5.41) is 2.15. The van der Waals surface area contributed by atoms with Crippen molar-refractivity contribution in [1.29, 1.82) is 0 Å². The Morgan fingerprint density at radius 2 is 2.08 bits per heavy atom. The molecule has 0 fully saturated rings. The number of fused-ring (bicyclic) bond motifs is 5. The van der Waals surface area contributed by atoms with Crippen molar-refractivity contribution in [3.05, 3.63) is 49.7 Å². The van der Waals surface area contributed by atoms with Gasteiger partial charge in [0.2, 0.25) is 0 Å². The fourth-order valence-corrected chi connectivity index (χ4v) is 4.16. The van der Waals surface area contributed by atoms with Crippen molar-refractivity contribution in [3.8, 4) is 11.4 Å². The minimum Gasteiger partial charge on any atom is -0.460 e. The molecule has 5 heteroatoms. The summed E-state index contributed by atoms with van der Waals surface area (Å²) in [7, 11) is 0. The van der Waals surface area contributed by atoms with Crippen molar-refractivity contribution in [2.24, 2.45) is 0 Å². The Hall–Kier alpha value is -2.69. The maximum atomic E-state index is 13.0. The molecule has 4 heterocycles. The maximum Gasteiger partial charge on any atom is 0.313 e. The third-order valence-corrected chi connectivity index (χ3v) is 5.46. The van der Waals surface area contributed by atoms with Crippen LogP contribution >= 0.6 is 0 Å². The Labute approximate surface area is 144 Å². The number of cyclic esters (lactones) is 1. The number of carbonyl (C=O) groups is 1. The molecular formula is C20H18N2O3. The number of rotatable bonds is 1. The van der Waals surface area contributed by atoms with Crippen LogP contribution in [-0.4, -0.2) is 15.5 Å². The molecule has 0 aromatic carbocycles. The second-order valence-electron chi connectivity index (χ2n) is 6.88. The van der Waals surface area contributed by atoms with E-state index in [0.717, 1.165) is 45.9 Å². The Bertz CT molecular complexity index is 1110. The Balaban J connectivity index is 1.79. The second-order valence-corrected chi connectivity index (χ2v) is 6.88. The van der Waals surface area contributed by atoms with Gasteiger partial charge in [0.05, 0.1) is 34.8 Å². The lowest BCUT2D eigenvalue weighted by molar-refractivity contribution is -0.148. The molecule has 1 atom stereocenters. The Morgan fingerprint density at radius 3 is 2.92 bits per heavy atom. The molecule has 1 aliphatic carbocycles. The van der Waals surface area contributed by atoms with Gasteiger partial charge in [-0.2, -0.15) is 0 Å². The van der Waals surface area contributed by atoms with E-state index in [1.54, 1.807) is 4.57 Å². The van der Waals surface area contributed by atoms with Crippen molar-refractivity contribution in [2.45, 2.75) is 45.3 Å². The number of nitrogens with zero attached hydrogens (tertiary/aromatic N) is 2. The van der Waals surface area contributed by atoms with Gasteiger partial charge in [0.15, 0.2) is 0 Å². The minimum absolute atomic E-state index is 0.0534. The number of hydrogen-bond acceptors (Lipinski definition) is 4. The zero-order valence-electron chi connectivity index (χ0n) is 14.0. The van der Waals surface area contributed by atoms with E-state index >= 15 is 0 Å². The summed E-state index contributed by atoms with van der Waals surface area (Å²) < 4.78 is 7.00. The van der Waals surface area contributed by atoms with Crippen LogP contribution in [0.2, 0.25) is 0 Å². The van der Waals surface area contributed by atoms with Crippen LogP contribution < -0.4 is 16.1 Å². The van der Waals surface area contributed by atoms with Gasteiger partial charge in [-0.1, -0.05) is 19.1 Å². The highest BCUT2D eigenvalue weighted by Crippen LogP contribution is 2.34. The number of hydrogen-bond donors (Lipinski definition) is 0. The first-order valence-corrected chi connectivity index (χ1v) is 8.81. The first-order chi connectivity index (χ1) is 12.2. The zero-order valence-corrected chi connectivity index (χ0v) is 14.0. The van der Waals surface area contributed by atoms with Gasteiger partial charge in [-0.25, -0.2) is 4.98 Å². The predicted octanol–water partition coefficient (Wildman–Crippen LogP) is 1.18. The fraction of sp³-hybridized carbons (Fsp3) is 0.350. The SMILES string of the molecule is CC[C@H]1C(=O)OCc2c1cc1n(c2=O)Cc2cc3c(nc2-1)=CCCC=3. The van der Waals surface area contributed by atoms with E-state index < -0.39 is 0 Å². The second kappa shape index (κ2) is 5.15. The normalized spacial score (nSPS) is 19.7. The van der Waals surface area contributed by atoms with Gasteiger partial charge in [0.1, 0.15) is 6.61 Å². The van der Waals surface area contributed by atoms with Gasteiger partial charge in [-0.15, -0.1) is 0 Å². The summed E-state index contributed by atoms with van der Waals surface area (Å²) in [6.07, 6.45) is 7.02. The lowest BCUT2D eigenvalue weighted by Gasteiger charge is -2.24. The number of pyridine rings is 2. The van der Waals surface area contributed by atoms with Crippen LogP contribution in [0, 0.1) is 0 Å². The molecule has 2 aromatic rings. The lowest BCUT2D eigenvalue weighted by atomic mass is 9.90. The number of aromatic nitrogens is 2. The van der Waals surface area contributed by atoms with Gasteiger partial charge in [0.25, 0.3) is 5.56 Å². The summed E-state index contributed by atoms with van der Waals surface area (Å²) in [4.78, 5) is 29.9. The molecule has 2 aliphatic heterocycles. The summed E-state index contributed by atoms with van der Waals surface area (Å²) >= 11 is 0. The molecule has 3 aliphatic rings. The molecule has 5 nitrogen and oxygen atoms in total. The Morgan fingerprint density at radius 1 is 1.24 bits per heavy atom. The van der Waals surface area contributed by atoms with Crippen LogP contribution in [0.25, 0.3) is 23.5 Å². The minimum atomic E-state index is -0.357. The molecule has 0 N–H and O–H groups in total. The lowest BCUT2D eigenvalue weighted by Crippen LogP contribution is -2.32. The fourth-order valence-electron chi connectivity index (χ4n) is 4.16. The molecule has 0 unspecified atom stereocenters. The average molecular weight is 334 g/mol. The molecule has 0 saturated carbocycles. The molecule has 0 saturated heterocycles. The van der Waals surface area contributed by atoms with Gasteiger partial charge in [-0.05, 0) is 42.2 Å². The summed E-state index contributed by atoms with van der Waals surface area (Å²) in [6, 6.07) is 4.14. The highest BCUT2D eigenvalue weighted by molar-refractivity contribution is 5.81. The first kappa shape index (κ1) is 14.6. The highest BCUT2D eigenvalue weighted by Gasteiger charge is 2.33. The van der Waals surface area contributed by atoms with Crippen LogP contribution in [0.4, 0.5) is 0 Å².